The highest BCUT2D eigenvalue weighted by Gasteiger charge is 2.32. The SMILES string of the molecule is C=CCN1C(=O)/C(=C/c2ccccc2-c2cccc(C)c2)C(=O)NC1=S. The first-order chi connectivity index (χ1) is 12.5. The summed E-state index contributed by atoms with van der Waals surface area (Å²) >= 11 is 5.08. The number of thiocarbonyl (C=S) groups is 1. The van der Waals surface area contributed by atoms with Crippen molar-refractivity contribution >= 4 is 35.2 Å². The fourth-order valence-electron chi connectivity index (χ4n) is 2.84. The maximum atomic E-state index is 12.7. The largest absolute Gasteiger partial charge is 0.298 e. The van der Waals surface area contributed by atoms with Crippen LogP contribution in [0.15, 0.2) is 66.8 Å². The molecule has 0 atom stereocenters. The zero-order valence-corrected chi connectivity index (χ0v) is 15.2. The van der Waals surface area contributed by atoms with Crippen molar-refractivity contribution < 1.29 is 9.59 Å². The van der Waals surface area contributed by atoms with E-state index < -0.39 is 11.8 Å². The van der Waals surface area contributed by atoms with Crippen LogP contribution < -0.4 is 5.32 Å². The zero-order chi connectivity index (χ0) is 18.7. The molecule has 2 amide bonds. The van der Waals surface area contributed by atoms with Crippen LogP contribution in [-0.4, -0.2) is 28.4 Å². The Morgan fingerprint density at radius 3 is 2.65 bits per heavy atom. The molecule has 26 heavy (non-hydrogen) atoms. The molecule has 0 unspecified atom stereocenters. The Labute approximate surface area is 157 Å². The molecule has 5 heteroatoms. The van der Waals surface area contributed by atoms with Crippen molar-refractivity contribution in [1.82, 2.24) is 10.2 Å². The highest BCUT2D eigenvalue weighted by atomic mass is 32.1. The molecule has 1 saturated heterocycles. The van der Waals surface area contributed by atoms with Gasteiger partial charge in [0.2, 0.25) is 0 Å². The third-order valence-electron chi connectivity index (χ3n) is 4.09. The molecule has 0 saturated carbocycles. The summed E-state index contributed by atoms with van der Waals surface area (Å²) < 4.78 is 0. The molecule has 0 spiro atoms. The highest BCUT2D eigenvalue weighted by molar-refractivity contribution is 7.80. The van der Waals surface area contributed by atoms with Crippen LogP contribution >= 0.6 is 12.2 Å². The fraction of sp³-hybridized carbons (Fsp3) is 0.0952. The molecular weight excluding hydrogens is 344 g/mol. The Hall–Kier alpha value is -3.05. The van der Waals surface area contributed by atoms with Crippen molar-refractivity contribution in [2.24, 2.45) is 0 Å². The number of carbonyl (C=O) groups is 2. The lowest BCUT2D eigenvalue weighted by molar-refractivity contribution is -0.128. The molecule has 4 nitrogen and oxygen atoms in total. The first-order valence-corrected chi connectivity index (χ1v) is 8.58. The number of rotatable bonds is 4. The molecule has 0 bridgehead atoms. The molecule has 0 radical (unpaired) electrons. The number of amides is 2. The van der Waals surface area contributed by atoms with E-state index >= 15 is 0 Å². The van der Waals surface area contributed by atoms with Crippen molar-refractivity contribution in [2.45, 2.75) is 6.92 Å². The lowest BCUT2D eigenvalue weighted by atomic mass is 9.96. The average molecular weight is 362 g/mol. The van der Waals surface area contributed by atoms with Gasteiger partial charge in [-0.15, -0.1) is 6.58 Å². The van der Waals surface area contributed by atoms with Crippen LogP contribution in [-0.2, 0) is 9.59 Å². The Bertz CT molecular complexity index is 947. The molecule has 1 aliphatic rings. The van der Waals surface area contributed by atoms with Crippen molar-refractivity contribution in [1.29, 1.82) is 0 Å². The Kier molecular flexibility index (Phi) is 5.09. The van der Waals surface area contributed by atoms with E-state index in [1.165, 1.54) is 4.90 Å². The second kappa shape index (κ2) is 7.45. The first-order valence-electron chi connectivity index (χ1n) is 8.17. The van der Waals surface area contributed by atoms with Crippen LogP contribution in [0.3, 0.4) is 0 Å². The molecule has 1 aliphatic heterocycles. The van der Waals surface area contributed by atoms with Gasteiger partial charge in [-0.05, 0) is 41.9 Å². The summed E-state index contributed by atoms with van der Waals surface area (Å²) in [5.74, 6) is -0.906. The molecule has 0 aromatic heterocycles. The van der Waals surface area contributed by atoms with Crippen molar-refractivity contribution in [3.8, 4) is 11.1 Å². The van der Waals surface area contributed by atoms with Gasteiger partial charge in [-0.3, -0.25) is 19.8 Å². The fourth-order valence-corrected chi connectivity index (χ4v) is 3.09. The third-order valence-corrected chi connectivity index (χ3v) is 4.41. The van der Waals surface area contributed by atoms with E-state index in [1.54, 1.807) is 12.2 Å². The Morgan fingerprint density at radius 1 is 1.15 bits per heavy atom. The number of benzene rings is 2. The van der Waals surface area contributed by atoms with E-state index in [0.29, 0.717) is 0 Å². The average Bonchev–Trinajstić information content (AvgIpc) is 2.62. The monoisotopic (exact) mass is 362 g/mol. The zero-order valence-electron chi connectivity index (χ0n) is 14.4. The van der Waals surface area contributed by atoms with Gasteiger partial charge in [0.25, 0.3) is 11.8 Å². The second-order valence-corrected chi connectivity index (χ2v) is 6.37. The number of carbonyl (C=O) groups excluding carboxylic acids is 2. The minimum Gasteiger partial charge on any atom is -0.298 e. The minimum atomic E-state index is -0.487. The van der Waals surface area contributed by atoms with Gasteiger partial charge in [-0.2, -0.15) is 0 Å². The van der Waals surface area contributed by atoms with Crippen LogP contribution in [0.4, 0.5) is 0 Å². The van der Waals surface area contributed by atoms with Crippen LogP contribution in [0.25, 0.3) is 17.2 Å². The molecule has 2 aromatic rings. The summed E-state index contributed by atoms with van der Waals surface area (Å²) in [6, 6.07) is 15.7. The summed E-state index contributed by atoms with van der Waals surface area (Å²) in [4.78, 5) is 26.4. The molecule has 130 valence electrons. The molecule has 1 heterocycles. The lowest BCUT2D eigenvalue weighted by Crippen LogP contribution is -2.53. The van der Waals surface area contributed by atoms with Crippen LogP contribution in [0, 0.1) is 6.92 Å². The quantitative estimate of drug-likeness (QED) is 0.392. The van der Waals surface area contributed by atoms with Gasteiger partial charge in [-0.25, -0.2) is 0 Å². The number of hydrogen-bond acceptors (Lipinski definition) is 3. The van der Waals surface area contributed by atoms with Crippen LogP contribution in [0.2, 0.25) is 0 Å². The summed E-state index contributed by atoms with van der Waals surface area (Å²) in [6.45, 7) is 5.90. The standard InChI is InChI=1S/C21H18N2O2S/c1-3-11-23-20(25)18(19(24)22-21(23)26)13-16-8-4-5-10-17(16)15-9-6-7-14(2)12-15/h3-10,12-13H,1,11H2,2H3,(H,22,24,26)/b18-13+. The number of aryl methyl sites for hydroxylation is 1. The van der Waals surface area contributed by atoms with E-state index in [0.717, 1.165) is 22.3 Å². The molecule has 3 rings (SSSR count). The molecule has 1 N–H and O–H groups in total. The van der Waals surface area contributed by atoms with Gasteiger partial charge in [0, 0.05) is 6.54 Å². The predicted octanol–water partition coefficient (Wildman–Crippen LogP) is 3.47. The third kappa shape index (κ3) is 3.48. The summed E-state index contributed by atoms with van der Waals surface area (Å²) in [7, 11) is 0. The number of nitrogens with zero attached hydrogens (tertiary/aromatic N) is 1. The maximum absolute atomic E-state index is 12.7. The van der Waals surface area contributed by atoms with Gasteiger partial charge < -0.3 is 0 Å². The molecule has 1 fully saturated rings. The summed E-state index contributed by atoms with van der Waals surface area (Å²) in [5.41, 5.74) is 3.97. The summed E-state index contributed by atoms with van der Waals surface area (Å²) in [5, 5.41) is 2.67. The van der Waals surface area contributed by atoms with E-state index in [9.17, 15) is 9.59 Å². The molecule has 0 aliphatic carbocycles. The minimum absolute atomic E-state index is 0.0561. The Morgan fingerprint density at radius 2 is 1.92 bits per heavy atom. The van der Waals surface area contributed by atoms with E-state index in [1.807, 2.05) is 49.4 Å². The van der Waals surface area contributed by atoms with Crippen LogP contribution in [0.5, 0.6) is 0 Å². The molecular formula is C21H18N2O2S. The van der Waals surface area contributed by atoms with Gasteiger partial charge in [0.1, 0.15) is 5.57 Å². The highest BCUT2D eigenvalue weighted by Crippen LogP contribution is 2.27. The summed E-state index contributed by atoms with van der Waals surface area (Å²) in [6.07, 6.45) is 3.19. The van der Waals surface area contributed by atoms with Crippen molar-refractivity contribution in [3.63, 3.8) is 0 Å². The predicted molar refractivity (Wildman–Crippen MR) is 107 cm³/mol. The first kappa shape index (κ1) is 17.8. The maximum Gasteiger partial charge on any atom is 0.265 e. The smallest absolute Gasteiger partial charge is 0.265 e. The van der Waals surface area contributed by atoms with E-state index in [2.05, 4.69) is 18.0 Å². The number of hydrogen-bond donors (Lipinski definition) is 1. The van der Waals surface area contributed by atoms with Gasteiger partial charge in [-0.1, -0.05) is 60.2 Å². The topological polar surface area (TPSA) is 49.4 Å². The van der Waals surface area contributed by atoms with Gasteiger partial charge in [0.05, 0.1) is 0 Å². The van der Waals surface area contributed by atoms with Gasteiger partial charge in [0.15, 0.2) is 5.11 Å². The van der Waals surface area contributed by atoms with E-state index in [-0.39, 0.29) is 17.2 Å². The Balaban J connectivity index is 2.07. The van der Waals surface area contributed by atoms with Crippen molar-refractivity contribution in [3.05, 3.63) is 77.9 Å². The van der Waals surface area contributed by atoms with Crippen molar-refractivity contribution in [2.75, 3.05) is 6.54 Å². The van der Waals surface area contributed by atoms with E-state index in [4.69, 9.17) is 12.2 Å². The molecule has 2 aromatic carbocycles. The lowest BCUT2D eigenvalue weighted by Gasteiger charge is -2.27. The normalized spacial score (nSPS) is 16.0. The second-order valence-electron chi connectivity index (χ2n) is 5.98. The van der Waals surface area contributed by atoms with Crippen LogP contribution in [0.1, 0.15) is 11.1 Å². The van der Waals surface area contributed by atoms with Gasteiger partial charge >= 0.3 is 0 Å². The number of nitrogens with one attached hydrogen (secondary N) is 1.